The number of hydrogen-bond donors (Lipinski definition) is 0. The van der Waals surface area contributed by atoms with E-state index in [9.17, 15) is 18.0 Å². The molecule has 1 atom stereocenters. The number of aromatic nitrogens is 4. The highest BCUT2D eigenvalue weighted by Crippen LogP contribution is 2.28. The highest BCUT2D eigenvalue weighted by molar-refractivity contribution is 5.70. The maximum atomic E-state index is 13.1. The first-order valence-corrected chi connectivity index (χ1v) is 8.30. The van der Waals surface area contributed by atoms with Crippen LogP contribution in [0.1, 0.15) is 25.2 Å². The molecule has 3 aromatic rings. The lowest BCUT2D eigenvalue weighted by Gasteiger charge is -2.18. The van der Waals surface area contributed by atoms with Crippen LogP contribution >= 0.6 is 0 Å². The molecule has 0 bridgehead atoms. The predicted octanol–water partition coefficient (Wildman–Crippen LogP) is 3.21. The van der Waals surface area contributed by atoms with Crippen molar-refractivity contribution in [1.29, 1.82) is 5.26 Å². The smallest absolute Gasteiger partial charge is 0.315 e. The first-order chi connectivity index (χ1) is 12.8. The van der Waals surface area contributed by atoms with Gasteiger partial charge in [-0.2, -0.15) is 18.4 Å². The summed E-state index contributed by atoms with van der Waals surface area (Å²) in [6.45, 7) is 3.36. The number of nitrogens with zero attached hydrogens (tertiary/aromatic N) is 5. The number of halogens is 3. The summed E-state index contributed by atoms with van der Waals surface area (Å²) in [4.78, 5) is 21.4. The lowest BCUT2D eigenvalue weighted by atomic mass is 10.1. The molecule has 0 spiro atoms. The zero-order chi connectivity index (χ0) is 19.8. The second-order valence-corrected chi connectivity index (χ2v) is 6.18. The average Bonchev–Trinajstić information content (AvgIpc) is 3.04. The SMILES string of the molecule is CCn1cnc2c(=O)n(-c3ccc(C#N)cc3)c(CC(C)C(F)(F)F)nc21. The third kappa shape index (κ3) is 3.43. The number of aryl methyl sites for hydroxylation is 1. The molecule has 0 N–H and O–H groups in total. The lowest BCUT2D eigenvalue weighted by molar-refractivity contribution is -0.169. The van der Waals surface area contributed by atoms with E-state index >= 15 is 0 Å². The molecular weight excluding hydrogens is 359 g/mol. The molecule has 6 nitrogen and oxygen atoms in total. The Balaban J connectivity index is 2.25. The third-order valence-corrected chi connectivity index (χ3v) is 4.35. The normalized spacial score (nSPS) is 12.9. The number of benzene rings is 1. The molecule has 0 amide bonds. The Kier molecular flexibility index (Phi) is 4.74. The molecule has 0 aliphatic rings. The van der Waals surface area contributed by atoms with Crippen LogP contribution in [0.4, 0.5) is 13.2 Å². The van der Waals surface area contributed by atoms with Crippen LogP contribution in [0.15, 0.2) is 35.4 Å². The van der Waals surface area contributed by atoms with Crippen molar-refractivity contribution in [3.63, 3.8) is 0 Å². The van der Waals surface area contributed by atoms with Crippen LogP contribution in [-0.2, 0) is 13.0 Å². The highest BCUT2D eigenvalue weighted by Gasteiger charge is 2.37. The summed E-state index contributed by atoms with van der Waals surface area (Å²) in [6.07, 6.45) is -3.42. The molecule has 0 saturated carbocycles. The van der Waals surface area contributed by atoms with Gasteiger partial charge in [0.25, 0.3) is 5.56 Å². The monoisotopic (exact) mass is 375 g/mol. The third-order valence-electron chi connectivity index (χ3n) is 4.35. The highest BCUT2D eigenvalue weighted by atomic mass is 19.4. The quantitative estimate of drug-likeness (QED) is 0.702. The molecule has 0 aliphatic carbocycles. The van der Waals surface area contributed by atoms with Gasteiger partial charge in [-0.15, -0.1) is 0 Å². The largest absolute Gasteiger partial charge is 0.391 e. The topological polar surface area (TPSA) is 76.5 Å². The maximum absolute atomic E-state index is 13.1. The van der Waals surface area contributed by atoms with Crippen LogP contribution in [0.2, 0.25) is 0 Å². The van der Waals surface area contributed by atoms with Crippen LogP contribution in [0.25, 0.3) is 16.9 Å². The minimum atomic E-state index is -4.41. The Morgan fingerprint density at radius 1 is 1.26 bits per heavy atom. The van der Waals surface area contributed by atoms with Gasteiger partial charge in [-0.25, -0.2) is 9.97 Å². The van der Waals surface area contributed by atoms with Gasteiger partial charge in [-0.1, -0.05) is 6.92 Å². The van der Waals surface area contributed by atoms with Crippen LogP contribution in [-0.4, -0.2) is 25.3 Å². The molecule has 0 aliphatic heterocycles. The van der Waals surface area contributed by atoms with E-state index in [1.54, 1.807) is 4.57 Å². The van der Waals surface area contributed by atoms with Crippen molar-refractivity contribution in [2.24, 2.45) is 5.92 Å². The Bertz CT molecular complexity index is 1070. The number of imidazole rings is 1. The fourth-order valence-electron chi connectivity index (χ4n) is 2.75. The van der Waals surface area contributed by atoms with Gasteiger partial charge in [0, 0.05) is 13.0 Å². The van der Waals surface area contributed by atoms with E-state index in [2.05, 4.69) is 9.97 Å². The lowest BCUT2D eigenvalue weighted by Crippen LogP contribution is -2.29. The van der Waals surface area contributed by atoms with Crippen LogP contribution in [0.5, 0.6) is 0 Å². The van der Waals surface area contributed by atoms with Crippen LogP contribution < -0.4 is 5.56 Å². The fourth-order valence-corrected chi connectivity index (χ4v) is 2.75. The molecule has 0 saturated heterocycles. The molecule has 9 heteroatoms. The number of alkyl halides is 3. The van der Waals surface area contributed by atoms with E-state index in [1.165, 1.54) is 30.6 Å². The first kappa shape index (κ1) is 18.6. The van der Waals surface area contributed by atoms with Crippen molar-refractivity contribution in [2.45, 2.75) is 33.0 Å². The van der Waals surface area contributed by atoms with Gasteiger partial charge in [-0.05, 0) is 31.2 Å². The molecule has 2 aromatic heterocycles. The minimum Gasteiger partial charge on any atom is -0.315 e. The van der Waals surface area contributed by atoms with E-state index in [0.717, 1.165) is 11.5 Å². The van der Waals surface area contributed by atoms with E-state index in [-0.39, 0.29) is 17.0 Å². The molecule has 2 heterocycles. The van der Waals surface area contributed by atoms with Crippen molar-refractivity contribution in [1.82, 2.24) is 19.1 Å². The van der Waals surface area contributed by atoms with Crippen molar-refractivity contribution in [3.05, 3.63) is 52.3 Å². The minimum absolute atomic E-state index is 0.00256. The van der Waals surface area contributed by atoms with E-state index in [1.807, 2.05) is 13.0 Å². The summed E-state index contributed by atoms with van der Waals surface area (Å²) in [5.41, 5.74) is 0.521. The molecule has 27 heavy (non-hydrogen) atoms. The van der Waals surface area contributed by atoms with Gasteiger partial charge in [0.15, 0.2) is 11.2 Å². The molecule has 1 aromatic carbocycles. The summed E-state index contributed by atoms with van der Waals surface area (Å²) < 4.78 is 42.0. The van der Waals surface area contributed by atoms with Crippen molar-refractivity contribution in [3.8, 4) is 11.8 Å². The fraction of sp³-hybridized carbons (Fsp3) is 0.333. The first-order valence-electron chi connectivity index (χ1n) is 8.30. The van der Waals surface area contributed by atoms with Crippen LogP contribution in [0.3, 0.4) is 0 Å². The summed E-state index contributed by atoms with van der Waals surface area (Å²) in [5, 5.41) is 8.92. The zero-order valence-electron chi connectivity index (χ0n) is 14.7. The molecule has 140 valence electrons. The van der Waals surface area contributed by atoms with Crippen molar-refractivity contribution >= 4 is 11.2 Å². The number of rotatable bonds is 4. The van der Waals surface area contributed by atoms with Crippen molar-refractivity contribution in [2.75, 3.05) is 0 Å². The number of fused-ring (bicyclic) bond motifs is 1. The van der Waals surface area contributed by atoms with Gasteiger partial charge in [0.1, 0.15) is 5.82 Å². The van der Waals surface area contributed by atoms with E-state index in [4.69, 9.17) is 5.26 Å². The van der Waals surface area contributed by atoms with E-state index < -0.39 is 24.1 Å². The second-order valence-electron chi connectivity index (χ2n) is 6.18. The van der Waals surface area contributed by atoms with Gasteiger partial charge >= 0.3 is 6.18 Å². The molecule has 3 rings (SSSR count). The average molecular weight is 375 g/mol. The summed E-state index contributed by atoms with van der Waals surface area (Å²) >= 11 is 0. The van der Waals surface area contributed by atoms with Crippen LogP contribution in [0, 0.1) is 17.2 Å². The second kappa shape index (κ2) is 6.87. The van der Waals surface area contributed by atoms with Crippen molar-refractivity contribution < 1.29 is 13.2 Å². The molecule has 0 fully saturated rings. The van der Waals surface area contributed by atoms with Gasteiger partial charge in [-0.3, -0.25) is 9.36 Å². The molecular formula is C18H16F3N5O. The van der Waals surface area contributed by atoms with Gasteiger partial charge in [0.2, 0.25) is 0 Å². The van der Waals surface area contributed by atoms with Gasteiger partial charge in [0.05, 0.1) is 29.6 Å². The number of nitriles is 1. The Labute approximate surface area is 152 Å². The summed E-state index contributed by atoms with van der Waals surface area (Å²) in [5.74, 6) is -1.68. The zero-order valence-corrected chi connectivity index (χ0v) is 14.7. The summed E-state index contributed by atoms with van der Waals surface area (Å²) in [7, 11) is 0. The summed E-state index contributed by atoms with van der Waals surface area (Å²) in [6, 6.07) is 7.96. The Morgan fingerprint density at radius 2 is 1.93 bits per heavy atom. The standard InChI is InChI=1S/C18H16F3N5O/c1-3-25-10-23-15-16(25)24-14(8-11(2)18(19,20)21)26(17(15)27)13-6-4-12(9-22)5-7-13/h4-7,10-11H,3,8H2,1-2H3. The molecule has 0 radical (unpaired) electrons. The maximum Gasteiger partial charge on any atom is 0.391 e. The van der Waals surface area contributed by atoms with E-state index in [0.29, 0.717) is 17.8 Å². The predicted molar refractivity (Wildman–Crippen MR) is 92.4 cm³/mol. The number of hydrogen-bond acceptors (Lipinski definition) is 4. The molecule has 1 unspecified atom stereocenters. The Morgan fingerprint density at radius 3 is 2.48 bits per heavy atom. The Hall–Kier alpha value is -3.15. The van der Waals surface area contributed by atoms with Gasteiger partial charge < -0.3 is 4.57 Å².